The number of hydrogen-bond acceptors (Lipinski definition) is 6. The van der Waals surface area contributed by atoms with E-state index in [1.807, 2.05) is 63.2 Å². The van der Waals surface area contributed by atoms with E-state index in [9.17, 15) is 4.79 Å². The van der Waals surface area contributed by atoms with E-state index in [2.05, 4.69) is 4.98 Å². The number of ether oxygens (including phenoxy) is 4. The SMILES string of the molecule is CC(C)(C)OC(=O)N1CCCC1COc1cccc(-c2cccc(C3OCCO3)c2)n1. The number of carbonyl (C=O) groups excluding carboxylic acids is 1. The molecule has 1 aromatic carbocycles. The van der Waals surface area contributed by atoms with E-state index in [1.54, 1.807) is 4.90 Å². The highest BCUT2D eigenvalue weighted by molar-refractivity contribution is 5.69. The Balaban J connectivity index is 1.41. The summed E-state index contributed by atoms with van der Waals surface area (Å²) in [5.74, 6) is 0.535. The van der Waals surface area contributed by atoms with Crippen LogP contribution in [0.4, 0.5) is 4.79 Å². The molecule has 4 rings (SSSR count). The van der Waals surface area contributed by atoms with Gasteiger partial charge in [0.2, 0.25) is 5.88 Å². The van der Waals surface area contributed by atoms with Gasteiger partial charge in [0.05, 0.1) is 24.9 Å². The van der Waals surface area contributed by atoms with Crippen LogP contribution in [-0.2, 0) is 14.2 Å². The van der Waals surface area contributed by atoms with Gasteiger partial charge in [0.1, 0.15) is 12.2 Å². The van der Waals surface area contributed by atoms with Gasteiger partial charge in [0, 0.05) is 23.7 Å². The summed E-state index contributed by atoms with van der Waals surface area (Å²) in [6, 6.07) is 13.7. The molecule has 0 saturated carbocycles. The molecule has 0 N–H and O–H groups in total. The van der Waals surface area contributed by atoms with Crippen molar-refractivity contribution in [1.82, 2.24) is 9.88 Å². The van der Waals surface area contributed by atoms with Crippen LogP contribution in [0.3, 0.4) is 0 Å². The minimum atomic E-state index is -0.510. The number of pyridine rings is 1. The Labute approximate surface area is 183 Å². The Morgan fingerprint density at radius 2 is 1.94 bits per heavy atom. The summed E-state index contributed by atoms with van der Waals surface area (Å²) in [6.07, 6.45) is 1.23. The van der Waals surface area contributed by atoms with E-state index in [0.29, 0.717) is 32.2 Å². The van der Waals surface area contributed by atoms with Crippen molar-refractivity contribution < 1.29 is 23.7 Å². The highest BCUT2D eigenvalue weighted by Crippen LogP contribution is 2.28. The molecule has 0 radical (unpaired) electrons. The van der Waals surface area contributed by atoms with Gasteiger partial charge in [-0.2, -0.15) is 0 Å². The fourth-order valence-corrected chi connectivity index (χ4v) is 3.80. The number of benzene rings is 1. The summed E-state index contributed by atoms with van der Waals surface area (Å²) < 4.78 is 22.7. The molecule has 0 aliphatic carbocycles. The second kappa shape index (κ2) is 9.24. The minimum absolute atomic E-state index is 0.0136. The zero-order valence-electron chi connectivity index (χ0n) is 18.4. The van der Waals surface area contributed by atoms with Crippen LogP contribution in [0.25, 0.3) is 11.3 Å². The number of carbonyl (C=O) groups is 1. The summed E-state index contributed by atoms with van der Waals surface area (Å²) >= 11 is 0. The van der Waals surface area contributed by atoms with Crippen molar-refractivity contribution in [1.29, 1.82) is 0 Å². The van der Waals surface area contributed by atoms with Gasteiger partial charge < -0.3 is 23.8 Å². The molecule has 7 heteroatoms. The third kappa shape index (κ3) is 5.54. The molecule has 1 unspecified atom stereocenters. The van der Waals surface area contributed by atoms with Gasteiger partial charge in [0.25, 0.3) is 0 Å². The lowest BCUT2D eigenvalue weighted by Gasteiger charge is -2.28. The van der Waals surface area contributed by atoms with Crippen LogP contribution < -0.4 is 4.74 Å². The van der Waals surface area contributed by atoms with Gasteiger partial charge in [-0.25, -0.2) is 9.78 Å². The zero-order valence-corrected chi connectivity index (χ0v) is 18.4. The van der Waals surface area contributed by atoms with Crippen molar-refractivity contribution in [3.8, 4) is 17.1 Å². The third-order valence-corrected chi connectivity index (χ3v) is 5.23. The van der Waals surface area contributed by atoms with Crippen molar-refractivity contribution in [2.75, 3.05) is 26.4 Å². The predicted molar refractivity (Wildman–Crippen MR) is 116 cm³/mol. The van der Waals surface area contributed by atoms with E-state index < -0.39 is 5.60 Å². The molecule has 0 bridgehead atoms. The summed E-state index contributed by atoms with van der Waals surface area (Å²) in [7, 11) is 0. The molecule has 31 heavy (non-hydrogen) atoms. The van der Waals surface area contributed by atoms with E-state index in [-0.39, 0.29) is 18.4 Å². The fraction of sp³-hybridized carbons (Fsp3) is 0.500. The maximum absolute atomic E-state index is 12.5. The van der Waals surface area contributed by atoms with Crippen LogP contribution >= 0.6 is 0 Å². The first-order chi connectivity index (χ1) is 14.9. The van der Waals surface area contributed by atoms with E-state index in [1.165, 1.54) is 0 Å². The van der Waals surface area contributed by atoms with Crippen LogP contribution in [0.15, 0.2) is 42.5 Å². The zero-order chi connectivity index (χ0) is 21.8. The summed E-state index contributed by atoms with van der Waals surface area (Å²) in [4.78, 5) is 18.9. The Kier molecular flexibility index (Phi) is 6.43. The maximum atomic E-state index is 12.5. The van der Waals surface area contributed by atoms with Gasteiger partial charge in [-0.15, -0.1) is 0 Å². The molecule has 7 nitrogen and oxygen atoms in total. The van der Waals surface area contributed by atoms with Gasteiger partial charge in [-0.05, 0) is 45.7 Å². The Morgan fingerprint density at radius 1 is 1.16 bits per heavy atom. The Morgan fingerprint density at radius 3 is 2.71 bits per heavy atom. The third-order valence-electron chi connectivity index (χ3n) is 5.23. The molecule has 166 valence electrons. The van der Waals surface area contributed by atoms with Crippen molar-refractivity contribution >= 4 is 6.09 Å². The monoisotopic (exact) mass is 426 g/mol. The molecular formula is C24H30N2O5. The first-order valence-electron chi connectivity index (χ1n) is 10.8. The number of rotatable bonds is 5. The number of aromatic nitrogens is 1. The van der Waals surface area contributed by atoms with E-state index >= 15 is 0 Å². The van der Waals surface area contributed by atoms with E-state index in [4.69, 9.17) is 18.9 Å². The van der Waals surface area contributed by atoms with Crippen molar-refractivity contribution in [2.45, 2.75) is 51.5 Å². The molecule has 2 aliphatic heterocycles. The first-order valence-corrected chi connectivity index (χ1v) is 10.8. The first kappa shape index (κ1) is 21.6. The Hall–Kier alpha value is -2.64. The maximum Gasteiger partial charge on any atom is 0.410 e. The molecule has 1 amide bonds. The summed E-state index contributed by atoms with van der Waals surface area (Å²) in [6.45, 7) is 7.93. The fourth-order valence-electron chi connectivity index (χ4n) is 3.80. The van der Waals surface area contributed by atoms with Crippen molar-refractivity contribution in [3.63, 3.8) is 0 Å². The van der Waals surface area contributed by atoms with Crippen molar-refractivity contribution in [3.05, 3.63) is 48.0 Å². The lowest BCUT2D eigenvalue weighted by atomic mass is 10.1. The van der Waals surface area contributed by atoms with Crippen LogP contribution in [-0.4, -0.2) is 54.0 Å². The molecule has 2 aliphatic rings. The highest BCUT2D eigenvalue weighted by Gasteiger charge is 2.32. The van der Waals surface area contributed by atoms with Crippen LogP contribution in [0.2, 0.25) is 0 Å². The van der Waals surface area contributed by atoms with Crippen LogP contribution in [0.5, 0.6) is 5.88 Å². The summed E-state index contributed by atoms with van der Waals surface area (Å²) in [5.41, 5.74) is 2.25. The van der Waals surface area contributed by atoms with Crippen LogP contribution in [0.1, 0.15) is 45.5 Å². The average molecular weight is 427 g/mol. The lowest BCUT2D eigenvalue weighted by Crippen LogP contribution is -2.42. The molecular weight excluding hydrogens is 396 g/mol. The van der Waals surface area contributed by atoms with Gasteiger partial charge in [0.15, 0.2) is 6.29 Å². The molecule has 3 heterocycles. The van der Waals surface area contributed by atoms with Crippen LogP contribution in [0, 0.1) is 0 Å². The highest BCUT2D eigenvalue weighted by atomic mass is 16.7. The molecule has 2 fully saturated rings. The molecule has 1 atom stereocenters. The molecule has 1 aromatic heterocycles. The standard InChI is InChI=1S/C24H30N2O5/c1-24(2,3)31-23(27)26-12-6-9-19(26)16-30-21-11-5-10-20(25-21)17-7-4-8-18(15-17)22-28-13-14-29-22/h4-5,7-8,10-11,15,19,22H,6,9,12-14,16H2,1-3H3. The minimum Gasteiger partial charge on any atom is -0.475 e. The number of amides is 1. The van der Waals surface area contributed by atoms with Crippen molar-refractivity contribution in [2.24, 2.45) is 0 Å². The second-order valence-corrected chi connectivity index (χ2v) is 8.84. The van der Waals surface area contributed by atoms with Gasteiger partial charge in [-0.3, -0.25) is 0 Å². The van der Waals surface area contributed by atoms with E-state index in [0.717, 1.165) is 29.7 Å². The van der Waals surface area contributed by atoms with Gasteiger partial charge in [-0.1, -0.05) is 24.3 Å². The topological polar surface area (TPSA) is 70.1 Å². The molecule has 2 saturated heterocycles. The lowest BCUT2D eigenvalue weighted by molar-refractivity contribution is -0.0440. The number of hydrogen-bond donors (Lipinski definition) is 0. The number of nitrogens with zero attached hydrogens (tertiary/aromatic N) is 2. The predicted octanol–water partition coefficient (Wildman–Crippen LogP) is 4.57. The molecule has 0 spiro atoms. The summed E-state index contributed by atoms with van der Waals surface area (Å²) in [5, 5.41) is 0. The quantitative estimate of drug-likeness (QED) is 0.697. The van der Waals surface area contributed by atoms with Gasteiger partial charge >= 0.3 is 6.09 Å². The number of likely N-dealkylation sites (tertiary alicyclic amines) is 1. The average Bonchev–Trinajstić information content (AvgIpc) is 3.43. The normalized spacial score (nSPS) is 19.6. The Bertz CT molecular complexity index is 905. The largest absolute Gasteiger partial charge is 0.475 e. The molecule has 2 aromatic rings. The second-order valence-electron chi connectivity index (χ2n) is 8.84. The smallest absolute Gasteiger partial charge is 0.410 e.